The smallest absolute Gasteiger partial charge is 0.102 e. The van der Waals surface area contributed by atoms with E-state index in [0.717, 1.165) is 0 Å². The highest BCUT2D eigenvalue weighted by Gasteiger charge is 2.16. The van der Waals surface area contributed by atoms with Crippen LogP contribution in [-0.2, 0) is 4.74 Å². The molecule has 1 unspecified atom stereocenters. The van der Waals surface area contributed by atoms with Gasteiger partial charge in [0.05, 0.1) is 0 Å². The molecule has 0 aliphatic heterocycles. The Labute approximate surface area is 68.1 Å². The Morgan fingerprint density at radius 3 is 2.73 bits per heavy atom. The first kappa shape index (κ1) is 8.28. The van der Waals surface area contributed by atoms with Crippen LogP contribution >= 0.6 is 0 Å². The van der Waals surface area contributed by atoms with E-state index in [-0.39, 0.29) is 5.60 Å². The molecular formula is C10H14O. The second-order valence-electron chi connectivity index (χ2n) is 2.99. The first-order valence-electron chi connectivity index (χ1n) is 3.77. The summed E-state index contributed by atoms with van der Waals surface area (Å²) < 4.78 is 5.33. The Hall–Kier alpha value is -0.820. The molecule has 11 heavy (non-hydrogen) atoms. The molecule has 0 aromatic heterocycles. The van der Waals surface area contributed by atoms with Gasteiger partial charge in [0.25, 0.3) is 0 Å². The van der Waals surface area contributed by atoms with Gasteiger partial charge in [0.15, 0.2) is 0 Å². The Bertz CT molecular complexity index is 223. The van der Waals surface area contributed by atoms with Gasteiger partial charge in [0, 0.05) is 7.11 Å². The molecule has 0 aromatic rings. The number of rotatable bonds is 1. The van der Waals surface area contributed by atoms with Crippen molar-refractivity contribution >= 4 is 0 Å². The fraction of sp³-hybridized carbons (Fsp3) is 0.400. The van der Waals surface area contributed by atoms with Crippen molar-refractivity contribution in [2.75, 3.05) is 7.11 Å². The van der Waals surface area contributed by atoms with Crippen LogP contribution in [0.2, 0.25) is 0 Å². The second-order valence-corrected chi connectivity index (χ2v) is 2.99. The maximum absolute atomic E-state index is 5.33. The number of hydrogen-bond donors (Lipinski definition) is 0. The zero-order valence-corrected chi connectivity index (χ0v) is 7.29. The van der Waals surface area contributed by atoms with Gasteiger partial charge in [-0.2, -0.15) is 0 Å². The van der Waals surface area contributed by atoms with Gasteiger partial charge in [-0.15, -0.1) is 0 Å². The molecule has 1 nitrogen and oxygen atoms in total. The van der Waals surface area contributed by atoms with Crippen LogP contribution in [0.5, 0.6) is 0 Å². The van der Waals surface area contributed by atoms with Gasteiger partial charge in [0.1, 0.15) is 5.60 Å². The Kier molecular flexibility index (Phi) is 2.30. The molecule has 1 rings (SSSR count). The summed E-state index contributed by atoms with van der Waals surface area (Å²) in [6.45, 7) is 4.11. The summed E-state index contributed by atoms with van der Waals surface area (Å²) in [6, 6.07) is 0. The minimum absolute atomic E-state index is 0.229. The van der Waals surface area contributed by atoms with Crippen molar-refractivity contribution in [3.8, 4) is 0 Å². The third-order valence-electron chi connectivity index (χ3n) is 1.85. The molecule has 0 saturated heterocycles. The van der Waals surface area contributed by atoms with Crippen molar-refractivity contribution in [3.63, 3.8) is 0 Å². The molecular weight excluding hydrogens is 136 g/mol. The number of methoxy groups -OCH3 is 1. The monoisotopic (exact) mass is 150 g/mol. The van der Waals surface area contributed by atoms with Crippen molar-refractivity contribution < 1.29 is 4.74 Å². The molecule has 0 aromatic carbocycles. The Balaban J connectivity index is 2.92. The van der Waals surface area contributed by atoms with Crippen molar-refractivity contribution in [3.05, 3.63) is 36.0 Å². The highest BCUT2D eigenvalue weighted by Crippen LogP contribution is 2.18. The van der Waals surface area contributed by atoms with Gasteiger partial charge in [-0.1, -0.05) is 23.8 Å². The lowest BCUT2D eigenvalue weighted by Crippen LogP contribution is -2.20. The summed E-state index contributed by atoms with van der Waals surface area (Å²) in [5.41, 5.74) is 1.01. The van der Waals surface area contributed by atoms with Gasteiger partial charge in [-0.05, 0) is 26.0 Å². The topological polar surface area (TPSA) is 9.23 Å². The number of ether oxygens (including phenoxy) is 1. The number of allylic oxidation sites excluding steroid dienone is 4. The largest absolute Gasteiger partial charge is 0.370 e. The molecule has 60 valence electrons. The molecule has 1 heteroatoms. The maximum atomic E-state index is 5.33. The third kappa shape index (κ3) is 2.05. The summed E-state index contributed by atoms with van der Waals surface area (Å²) in [7, 11) is 1.72. The van der Waals surface area contributed by atoms with Gasteiger partial charge >= 0.3 is 0 Å². The van der Waals surface area contributed by atoms with E-state index in [2.05, 4.69) is 19.1 Å². The first-order valence-corrected chi connectivity index (χ1v) is 3.77. The molecule has 0 fully saturated rings. The fourth-order valence-corrected chi connectivity index (χ4v) is 1.13. The van der Waals surface area contributed by atoms with Crippen LogP contribution in [0.3, 0.4) is 0 Å². The zero-order chi connectivity index (χ0) is 8.32. The number of hydrogen-bond acceptors (Lipinski definition) is 1. The average molecular weight is 150 g/mol. The molecule has 0 saturated carbocycles. The minimum Gasteiger partial charge on any atom is -0.370 e. The molecule has 0 radical (unpaired) electrons. The lowest BCUT2D eigenvalue weighted by atomic mass is 10.0. The van der Waals surface area contributed by atoms with Crippen LogP contribution in [0.4, 0.5) is 0 Å². The van der Waals surface area contributed by atoms with Crippen LogP contribution in [0, 0.1) is 0 Å². The molecule has 0 heterocycles. The maximum Gasteiger partial charge on any atom is 0.102 e. The summed E-state index contributed by atoms with van der Waals surface area (Å²) in [5, 5.41) is 0. The molecule has 1 atom stereocenters. The highest BCUT2D eigenvalue weighted by atomic mass is 16.5. The van der Waals surface area contributed by atoms with E-state index in [1.165, 1.54) is 5.57 Å². The van der Waals surface area contributed by atoms with Crippen LogP contribution in [-0.4, -0.2) is 12.7 Å². The van der Waals surface area contributed by atoms with Gasteiger partial charge < -0.3 is 4.74 Å². The SMILES string of the molecule is COC1(C)C=CC=CC(C)=C1. The summed E-state index contributed by atoms with van der Waals surface area (Å²) in [6.07, 6.45) is 10.3. The summed E-state index contributed by atoms with van der Waals surface area (Å²) in [5.74, 6) is 0. The predicted molar refractivity (Wildman–Crippen MR) is 47.5 cm³/mol. The van der Waals surface area contributed by atoms with E-state index in [9.17, 15) is 0 Å². The van der Waals surface area contributed by atoms with Gasteiger partial charge in [-0.3, -0.25) is 0 Å². The summed E-state index contributed by atoms with van der Waals surface area (Å²) in [4.78, 5) is 0. The van der Waals surface area contributed by atoms with E-state index >= 15 is 0 Å². The Morgan fingerprint density at radius 2 is 2.09 bits per heavy atom. The van der Waals surface area contributed by atoms with Crippen LogP contribution in [0.25, 0.3) is 0 Å². The lowest BCUT2D eigenvalue weighted by molar-refractivity contribution is 0.0904. The van der Waals surface area contributed by atoms with E-state index in [1.807, 2.05) is 25.2 Å². The Morgan fingerprint density at radius 1 is 1.36 bits per heavy atom. The first-order chi connectivity index (χ1) is 5.16. The molecule has 0 N–H and O–H groups in total. The second kappa shape index (κ2) is 3.05. The average Bonchev–Trinajstić information content (AvgIpc) is 2.13. The van der Waals surface area contributed by atoms with Crippen molar-refractivity contribution in [1.29, 1.82) is 0 Å². The van der Waals surface area contributed by atoms with Crippen molar-refractivity contribution in [2.45, 2.75) is 19.4 Å². The van der Waals surface area contributed by atoms with Gasteiger partial charge in [-0.25, -0.2) is 0 Å². The third-order valence-corrected chi connectivity index (χ3v) is 1.85. The van der Waals surface area contributed by atoms with Crippen LogP contribution in [0.15, 0.2) is 36.0 Å². The quantitative estimate of drug-likeness (QED) is 0.558. The molecule has 0 amide bonds. The summed E-state index contributed by atoms with van der Waals surface area (Å²) >= 11 is 0. The van der Waals surface area contributed by atoms with E-state index in [4.69, 9.17) is 4.74 Å². The molecule has 0 spiro atoms. The van der Waals surface area contributed by atoms with Crippen molar-refractivity contribution in [1.82, 2.24) is 0 Å². The van der Waals surface area contributed by atoms with Crippen molar-refractivity contribution in [2.24, 2.45) is 0 Å². The van der Waals surface area contributed by atoms with E-state index in [0.29, 0.717) is 0 Å². The van der Waals surface area contributed by atoms with Gasteiger partial charge in [0.2, 0.25) is 0 Å². The van der Waals surface area contributed by atoms with E-state index < -0.39 is 0 Å². The van der Waals surface area contributed by atoms with Crippen LogP contribution in [0.1, 0.15) is 13.8 Å². The van der Waals surface area contributed by atoms with E-state index in [1.54, 1.807) is 7.11 Å². The minimum atomic E-state index is -0.229. The standard InChI is InChI=1S/C10H14O/c1-9-6-4-5-7-10(2,8-9)11-3/h4-8H,1-3H3. The molecule has 1 aliphatic rings. The molecule has 0 bridgehead atoms. The predicted octanol–water partition coefficient (Wildman–Crippen LogP) is 2.46. The van der Waals surface area contributed by atoms with Crippen LogP contribution < -0.4 is 0 Å². The normalized spacial score (nSPS) is 29.9. The fourth-order valence-electron chi connectivity index (χ4n) is 1.13. The lowest BCUT2D eigenvalue weighted by Gasteiger charge is -2.19. The molecule has 1 aliphatic carbocycles. The highest BCUT2D eigenvalue weighted by molar-refractivity contribution is 5.31. The zero-order valence-electron chi connectivity index (χ0n) is 7.29.